The lowest BCUT2D eigenvalue weighted by atomic mass is 9.80. The highest BCUT2D eigenvalue weighted by Gasteiger charge is 2.26. The zero-order chi connectivity index (χ0) is 14.9. The predicted molar refractivity (Wildman–Crippen MR) is 82.4 cm³/mol. The average molecular weight is 297 g/mol. The summed E-state index contributed by atoms with van der Waals surface area (Å²) in [6.07, 6.45) is 3.58. The average Bonchev–Trinajstić information content (AvgIpc) is 2.36. The second-order valence-corrected chi connectivity index (χ2v) is 6.43. The van der Waals surface area contributed by atoms with Crippen molar-refractivity contribution >= 4 is 23.0 Å². The van der Waals surface area contributed by atoms with Crippen molar-refractivity contribution < 1.29 is 4.92 Å². The number of nitro groups is 1. The van der Waals surface area contributed by atoms with Gasteiger partial charge in [0.1, 0.15) is 5.02 Å². The molecule has 0 heterocycles. The number of hydrogen-bond acceptors (Lipinski definition) is 3. The second-order valence-electron chi connectivity index (χ2n) is 6.02. The lowest BCUT2D eigenvalue weighted by Gasteiger charge is -2.34. The number of nitrogens with zero attached hydrogens (tertiary/aromatic N) is 1. The summed E-state index contributed by atoms with van der Waals surface area (Å²) in [5.41, 5.74) is 1.75. The van der Waals surface area contributed by atoms with Crippen LogP contribution in [0.1, 0.15) is 38.7 Å². The number of anilines is 1. The third kappa shape index (κ3) is 3.23. The minimum Gasteiger partial charge on any atom is -0.382 e. The van der Waals surface area contributed by atoms with Gasteiger partial charge in [-0.1, -0.05) is 25.4 Å². The highest BCUT2D eigenvalue weighted by atomic mass is 35.5. The highest BCUT2D eigenvalue weighted by Crippen LogP contribution is 2.34. The van der Waals surface area contributed by atoms with Crippen LogP contribution >= 0.6 is 11.6 Å². The molecule has 1 aromatic carbocycles. The molecule has 1 saturated carbocycles. The van der Waals surface area contributed by atoms with Gasteiger partial charge in [0.05, 0.1) is 4.92 Å². The molecule has 0 amide bonds. The van der Waals surface area contributed by atoms with Gasteiger partial charge in [0.25, 0.3) is 5.69 Å². The molecule has 0 radical (unpaired) electrons. The standard InChI is InChI=1S/C15H21ClN2O2/c1-9-4-5-13(10(2)6-9)17-14-8-12(16)15(18(19)20)7-11(14)3/h7-10,13,17H,4-6H2,1-3H3. The van der Waals surface area contributed by atoms with Crippen LogP contribution in [0.5, 0.6) is 0 Å². The number of aryl methyl sites for hydroxylation is 1. The number of halogens is 1. The number of hydrogen-bond donors (Lipinski definition) is 1. The summed E-state index contributed by atoms with van der Waals surface area (Å²) in [5, 5.41) is 14.6. The number of nitrogens with one attached hydrogen (secondary N) is 1. The smallest absolute Gasteiger partial charge is 0.288 e. The molecule has 1 N–H and O–H groups in total. The zero-order valence-corrected chi connectivity index (χ0v) is 12.9. The van der Waals surface area contributed by atoms with Gasteiger partial charge in [-0.2, -0.15) is 0 Å². The van der Waals surface area contributed by atoms with Crippen LogP contribution in [0.3, 0.4) is 0 Å². The molecule has 20 heavy (non-hydrogen) atoms. The second kappa shape index (κ2) is 6.00. The van der Waals surface area contributed by atoms with E-state index in [9.17, 15) is 10.1 Å². The van der Waals surface area contributed by atoms with Gasteiger partial charge in [-0.25, -0.2) is 0 Å². The van der Waals surface area contributed by atoms with E-state index in [1.54, 1.807) is 12.1 Å². The maximum absolute atomic E-state index is 10.9. The fraction of sp³-hybridized carbons (Fsp3) is 0.600. The Morgan fingerprint density at radius 1 is 1.35 bits per heavy atom. The van der Waals surface area contributed by atoms with E-state index in [1.165, 1.54) is 12.8 Å². The largest absolute Gasteiger partial charge is 0.382 e. The van der Waals surface area contributed by atoms with Crippen molar-refractivity contribution in [2.75, 3.05) is 5.32 Å². The number of benzene rings is 1. The molecule has 0 aliphatic heterocycles. The van der Waals surface area contributed by atoms with Crippen molar-refractivity contribution in [3.8, 4) is 0 Å². The third-order valence-corrected chi connectivity index (χ3v) is 4.57. The Morgan fingerprint density at radius 2 is 2.05 bits per heavy atom. The molecule has 1 aromatic rings. The molecule has 1 fully saturated rings. The molecular weight excluding hydrogens is 276 g/mol. The first-order chi connectivity index (χ1) is 9.38. The summed E-state index contributed by atoms with van der Waals surface area (Å²) in [6.45, 7) is 6.43. The molecule has 0 saturated heterocycles. The van der Waals surface area contributed by atoms with Crippen LogP contribution in [-0.2, 0) is 0 Å². The monoisotopic (exact) mass is 296 g/mol. The quantitative estimate of drug-likeness (QED) is 0.644. The van der Waals surface area contributed by atoms with Gasteiger partial charge in [0, 0.05) is 17.8 Å². The Morgan fingerprint density at radius 3 is 2.65 bits per heavy atom. The first-order valence-electron chi connectivity index (χ1n) is 7.09. The Hall–Kier alpha value is -1.29. The number of nitro benzene ring substituents is 1. The lowest BCUT2D eigenvalue weighted by molar-refractivity contribution is -0.384. The Kier molecular flexibility index (Phi) is 4.53. The van der Waals surface area contributed by atoms with Gasteiger partial charge in [0.15, 0.2) is 0 Å². The molecule has 3 atom stereocenters. The molecule has 0 aromatic heterocycles. The fourth-order valence-electron chi connectivity index (χ4n) is 3.04. The van der Waals surface area contributed by atoms with Crippen LogP contribution in [0.25, 0.3) is 0 Å². The van der Waals surface area contributed by atoms with Crippen LogP contribution in [0.15, 0.2) is 12.1 Å². The van der Waals surface area contributed by atoms with Crippen LogP contribution in [-0.4, -0.2) is 11.0 Å². The summed E-state index contributed by atoms with van der Waals surface area (Å²) < 4.78 is 0. The van der Waals surface area contributed by atoms with E-state index in [0.29, 0.717) is 12.0 Å². The minimum absolute atomic E-state index is 0.0277. The Balaban J connectivity index is 2.18. The summed E-state index contributed by atoms with van der Waals surface area (Å²) in [6, 6.07) is 3.64. The molecule has 0 bridgehead atoms. The van der Waals surface area contributed by atoms with Crippen molar-refractivity contribution in [1.29, 1.82) is 0 Å². The van der Waals surface area contributed by atoms with Gasteiger partial charge in [-0.3, -0.25) is 10.1 Å². The van der Waals surface area contributed by atoms with Crippen molar-refractivity contribution in [2.24, 2.45) is 11.8 Å². The van der Waals surface area contributed by atoms with E-state index < -0.39 is 4.92 Å². The molecular formula is C15H21ClN2O2. The van der Waals surface area contributed by atoms with Crippen molar-refractivity contribution in [1.82, 2.24) is 0 Å². The topological polar surface area (TPSA) is 55.2 Å². The Labute approximate surface area is 124 Å². The van der Waals surface area contributed by atoms with Gasteiger partial charge in [0.2, 0.25) is 0 Å². The fourth-order valence-corrected chi connectivity index (χ4v) is 3.27. The maximum atomic E-state index is 10.9. The maximum Gasteiger partial charge on any atom is 0.288 e. The summed E-state index contributed by atoms with van der Waals surface area (Å²) in [5.74, 6) is 1.39. The van der Waals surface area contributed by atoms with E-state index >= 15 is 0 Å². The first-order valence-corrected chi connectivity index (χ1v) is 7.47. The SMILES string of the molecule is Cc1cc([N+](=O)[O-])c(Cl)cc1NC1CCC(C)CC1C. The van der Waals surface area contributed by atoms with Crippen molar-refractivity contribution in [2.45, 2.75) is 46.1 Å². The molecule has 1 aliphatic carbocycles. The van der Waals surface area contributed by atoms with Gasteiger partial charge < -0.3 is 5.32 Å². The molecule has 0 spiro atoms. The van der Waals surface area contributed by atoms with Crippen LogP contribution in [0.2, 0.25) is 5.02 Å². The van der Waals surface area contributed by atoms with Gasteiger partial charge in [-0.15, -0.1) is 0 Å². The van der Waals surface area contributed by atoms with Gasteiger partial charge >= 0.3 is 0 Å². The minimum atomic E-state index is -0.440. The van der Waals surface area contributed by atoms with E-state index in [0.717, 1.165) is 23.6 Å². The molecule has 5 heteroatoms. The predicted octanol–water partition coefficient (Wildman–Crippen LogP) is 4.79. The zero-order valence-electron chi connectivity index (χ0n) is 12.1. The molecule has 110 valence electrons. The van der Waals surface area contributed by atoms with Crippen molar-refractivity contribution in [3.63, 3.8) is 0 Å². The van der Waals surface area contributed by atoms with E-state index in [1.807, 2.05) is 6.92 Å². The molecule has 3 unspecified atom stereocenters. The molecule has 2 rings (SSSR count). The summed E-state index contributed by atoms with van der Waals surface area (Å²) >= 11 is 5.99. The van der Waals surface area contributed by atoms with E-state index in [2.05, 4.69) is 19.2 Å². The number of rotatable bonds is 3. The molecule has 1 aliphatic rings. The van der Waals surface area contributed by atoms with Crippen molar-refractivity contribution in [3.05, 3.63) is 32.8 Å². The van der Waals surface area contributed by atoms with E-state index in [-0.39, 0.29) is 10.7 Å². The Bertz CT molecular complexity index is 519. The molecule has 4 nitrogen and oxygen atoms in total. The highest BCUT2D eigenvalue weighted by molar-refractivity contribution is 6.33. The third-order valence-electron chi connectivity index (χ3n) is 4.26. The van der Waals surface area contributed by atoms with Crippen LogP contribution in [0.4, 0.5) is 11.4 Å². The first kappa shape index (κ1) is 15.1. The normalized spacial score (nSPS) is 26.3. The van der Waals surface area contributed by atoms with Gasteiger partial charge in [-0.05, 0) is 49.7 Å². The van der Waals surface area contributed by atoms with Crippen LogP contribution < -0.4 is 5.32 Å². The van der Waals surface area contributed by atoms with Crippen LogP contribution in [0, 0.1) is 28.9 Å². The summed E-state index contributed by atoms with van der Waals surface area (Å²) in [4.78, 5) is 10.4. The lowest BCUT2D eigenvalue weighted by Crippen LogP contribution is -2.33. The van der Waals surface area contributed by atoms with E-state index in [4.69, 9.17) is 11.6 Å². The summed E-state index contributed by atoms with van der Waals surface area (Å²) in [7, 11) is 0.